The summed E-state index contributed by atoms with van der Waals surface area (Å²) in [6, 6.07) is 14.5. The van der Waals surface area contributed by atoms with Crippen LogP contribution in [0.2, 0.25) is 0 Å². The van der Waals surface area contributed by atoms with Crippen molar-refractivity contribution < 1.29 is 13.9 Å². The van der Waals surface area contributed by atoms with Crippen LogP contribution < -0.4 is 9.64 Å². The Morgan fingerprint density at radius 1 is 1.11 bits per heavy atom. The van der Waals surface area contributed by atoms with Crippen LogP contribution in [0.3, 0.4) is 0 Å². The van der Waals surface area contributed by atoms with Crippen molar-refractivity contribution >= 4 is 11.8 Å². The summed E-state index contributed by atoms with van der Waals surface area (Å²) in [7, 11) is 1.53. The lowest BCUT2D eigenvalue weighted by Gasteiger charge is -2.16. The molecule has 18 heavy (non-hydrogen) atoms. The monoisotopic (exact) mass is 245 g/mol. The number of ether oxygens (including phenoxy) is 1. The Morgan fingerprint density at radius 3 is 2.50 bits per heavy atom. The maximum absolute atomic E-state index is 13.0. The average Bonchev–Trinajstić information content (AvgIpc) is 2.39. The molecule has 92 valence electrons. The molecule has 0 aromatic heterocycles. The van der Waals surface area contributed by atoms with Crippen molar-refractivity contribution in [2.75, 3.05) is 11.9 Å². The first-order valence-corrected chi connectivity index (χ1v) is 5.43. The molecule has 0 heterocycles. The molecule has 0 unspecified atom stereocenters. The lowest BCUT2D eigenvalue weighted by Crippen LogP contribution is -2.29. The molecule has 0 saturated heterocycles. The van der Waals surface area contributed by atoms with Crippen LogP contribution in [-0.2, 0) is 0 Å². The number of carbonyl (C=O) groups excluding carboxylic acids is 1. The predicted molar refractivity (Wildman–Crippen MR) is 67.3 cm³/mol. The van der Waals surface area contributed by atoms with Crippen LogP contribution in [0.15, 0.2) is 54.6 Å². The van der Waals surface area contributed by atoms with Gasteiger partial charge in [0, 0.05) is 12.7 Å². The van der Waals surface area contributed by atoms with E-state index in [1.54, 1.807) is 30.3 Å². The van der Waals surface area contributed by atoms with E-state index >= 15 is 0 Å². The summed E-state index contributed by atoms with van der Waals surface area (Å²) in [6.45, 7) is 0. The van der Waals surface area contributed by atoms with E-state index in [0.29, 0.717) is 11.4 Å². The first-order chi connectivity index (χ1) is 8.66. The maximum atomic E-state index is 13.0. The number of para-hydroxylation sites is 1. The number of rotatable bonds is 2. The normalized spacial score (nSPS) is 9.89. The molecule has 0 aliphatic carbocycles. The molecule has 0 aliphatic rings. The lowest BCUT2D eigenvalue weighted by atomic mass is 10.3. The van der Waals surface area contributed by atoms with Crippen molar-refractivity contribution in [2.45, 2.75) is 0 Å². The van der Waals surface area contributed by atoms with Gasteiger partial charge in [0.25, 0.3) is 0 Å². The Kier molecular flexibility index (Phi) is 3.57. The standard InChI is InChI=1S/C14H12FNO2/c1-16(12-7-5-6-11(15)10-12)14(17)18-13-8-3-2-4-9-13/h2-10H,1H3. The Morgan fingerprint density at radius 2 is 1.83 bits per heavy atom. The molecule has 1 amide bonds. The van der Waals surface area contributed by atoms with Gasteiger partial charge in [0.15, 0.2) is 0 Å². The molecule has 3 nitrogen and oxygen atoms in total. The Bertz CT molecular complexity index is 543. The van der Waals surface area contributed by atoms with E-state index in [1.807, 2.05) is 6.07 Å². The molecule has 4 heteroatoms. The van der Waals surface area contributed by atoms with E-state index in [1.165, 1.54) is 30.1 Å². The summed E-state index contributed by atoms with van der Waals surface area (Å²) >= 11 is 0. The Balaban J connectivity index is 2.10. The van der Waals surface area contributed by atoms with Crippen LogP contribution in [0.4, 0.5) is 14.9 Å². The molecule has 0 atom stereocenters. The highest BCUT2D eigenvalue weighted by molar-refractivity contribution is 5.88. The number of halogens is 1. The summed E-state index contributed by atoms with van der Waals surface area (Å²) in [5.74, 6) is 0.0533. The third-order valence-corrected chi connectivity index (χ3v) is 2.42. The van der Waals surface area contributed by atoms with Crippen LogP contribution in [0.25, 0.3) is 0 Å². The molecular weight excluding hydrogens is 233 g/mol. The van der Waals surface area contributed by atoms with Gasteiger partial charge in [-0.15, -0.1) is 0 Å². The summed E-state index contributed by atoms with van der Waals surface area (Å²) in [5.41, 5.74) is 0.441. The molecule has 0 bridgehead atoms. The highest BCUT2D eigenvalue weighted by Gasteiger charge is 2.13. The fourth-order valence-electron chi connectivity index (χ4n) is 1.45. The minimum Gasteiger partial charge on any atom is -0.410 e. The topological polar surface area (TPSA) is 29.5 Å². The van der Waals surface area contributed by atoms with Gasteiger partial charge in [-0.3, -0.25) is 4.90 Å². The average molecular weight is 245 g/mol. The van der Waals surface area contributed by atoms with Gasteiger partial charge < -0.3 is 4.74 Å². The van der Waals surface area contributed by atoms with Gasteiger partial charge in [0.05, 0.1) is 0 Å². The number of hydrogen-bond donors (Lipinski definition) is 0. The minimum atomic E-state index is -0.563. The second kappa shape index (κ2) is 5.31. The third-order valence-electron chi connectivity index (χ3n) is 2.42. The zero-order chi connectivity index (χ0) is 13.0. The van der Waals surface area contributed by atoms with Crippen molar-refractivity contribution in [3.63, 3.8) is 0 Å². The number of benzene rings is 2. The molecule has 0 aliphatic heterocycles. The first kappa shape index (κ1) is 12.1. The Hall–Kier alpha value is -2.36. The van der Waals surface area contributed by atoms with Gasteiger partial charge in [-0.1, -0.05) is 24.3 Å². The largest absolute Gasteiger partial charge is 0.419 e. The van der Waals surface area contributed by atoms with E-state index in [-0.39, 0.29) is 0 Å². The van der Waals surface area contributed by atoms with Gasteiger partial charge in [0.2, 0.25) is 0 Å². The minimum absolute atomic E-state index is 0.396. The van der Waals surface area contributed by atoms with Gasteiger partial charge in [-0.25, -0.2) is 9.18 Å². The van der Waals surface area contributed by atoms with Crippen molar-refractivity contribution in [1.82, 2.24) is 0 Å². The van der Waals surface area contributed by atoms with Crippen molar-refractivity contribution in [3.8, 4) is 5.75 Å². The highest BCUT2D eigenvalue weighted by Crippen LogP contribution is 2.16. The molecule has 0 fully saturated rings. The molecular formula is C14H12FNO2. The van der Waals surface area contributed by atoms with Gasteiger partial charge in [0.1, 0.15) is 11.6 Å². The van der Waals surface area contributed by atoms with Gasteiger partial charge >= 0.3 is 6.09 Å². The van der Waals surface area contributed by atoms with E-state index < -0.39 is 11.9 Å². The molecule has 0 saturated carbocycles. The lowest BCUT2D eigenvalue weighted by molar-refractivity contribution is 0.209. The summed E-state index contributed by atoms with van der Waals surface area (Å²) in [6.07, 6.45) is -0.563. The van der Waals surface area contributed by atoms with Crippen molar-refractivity contribution in [2.24, 2.45) is 0 Å². The third kappa shape index (κ3) is 2.85. The van der Waals surface area contributed by atoms with E-state index in [0.717, 1.165) is 0 Å². The predicted octanol–water partition coefficient (Wildman–Crippen LogP) is 3.46. The molecule has 0 radical (unpaired) electrons. The van der Waals surface area contributed by atoms with Crippen LogP contribution in [0, 0.1) is 5.82 Å². The van der Waals surface area contributed by atoms with Crippen LogP contribution in [0.5, 0.6) is 5.75 Å². The quantitative estimate of drug-likeness (QED) is 0.810. The van der Waals surface area contributed by atoms with Gasteiger partial charge in [-0.05, 0) is 30.3 Å². The number of amides is 1. The smallest absolute Gasteiger partial charge is 0.410 e. The summed E-state index contributed by atoms with van der Waals surface area (Å²) in [5, 5.41) is 0. The zero-order valence-electron chi connectivity index (χ0n) is 9.84. The van der Waals surface area contributed by atoms with Crippen molar-refractivity contribution in [3.05, 3.63) is 60.4 Å². The van der Waals surface area contributed by atoms with Crippen LogP contribution in [-0.4, -0.2) is 13.1 Å². The van der Waals surface area contributed by atoms with E-state index in [9.17, 15) is 9.18 Å². The van der Waals surface area contributed by atoms with Gasteiger partial charge in [-0.2, -0.15) is 0 Å². The van der Waals surface area contributed by atoms with E-state index in [4.69, 9.17) is 4.74 Å². The van der Waals surface area contributed by atoms with Crippen molar-refractivity contribution in [1.29, 1.82) is 0 Å². The second-order valence-corrected chi connectivity index (χ2v) is 3.72. The molecule has 0 spiro atoms. The fourth-order valence-corrected chi connectivity index (χ4v) is 1.45. The number of carbonyl (C=O) groups is 1. The zero-order valence-corrected chi connectivity index (χ0v) is 9.84. The summed E-state index contributed by atoms with van der Waals surface area (Å²) < 4.78 is 18.2. The maximum Gasteiger partial charge on any atom is 0.419 e. The number of anilines is 1. The SMILES string of the molecule is CN(C(=O)Oc1ccccc1)c1cccc(F)c1. The number of hydrogen-bond acceptors (Lipinski definition) is 2. The fraction of sp³-hybridized carbons (Fsp3) is 0.0714. The highest BCUT2D eigenvalue weighted by atomic mass is 19.1. The van der Waals surface area contributed by atoms with Crippen LogP contribution >= 0.6 is 0 Å². The molecule has 2 aromatic rings. The molecule has 2 aromatic carbocycles. The second-order valence-electron chi connectivity index (χ2n) is 3.72. The Labute approximate surface area is 104 Å². The molecule has 2 rings (SSSR count). The molecule has 0 N–H and O–H groups in total. The first-order valence-electron chi connectivity index (χ1n) is 5.43. The van der Waals surface area contributed by atoms with E-state index in [2.05, 4.69) is 0 Å². The summed E-state index contributed by atoms with van der Waals surface area (Å²) in [4.78, 5) is 13.1. The van der Waals surface area contributed by atoms with Crippen LogP contribution in [0.1, 0.15) is 0 Å². The number of nitrogens with zero attached hydrogens (tertiary/aromatic N) is 1.